The van der Waals surface area contributed by atoms with Gasteiger partial charge in [0.25, 0.3) is 5.89 Å². The lowest BCUT2D eigenvalue weighted by atomic mass is 9.78. The second-order valence-electron chi connectivity index (χ2n) is 7.61. The molecule has 4 heteroatoms. The van der Waals surface area contributed by atoms with Crippen LogP contribution < -0.4 is 0 Å². The number of rotatable bonds is 2. The first kappa shape index (κ1) is 16.3. The Labute approximate surface area is 131 Å². The summed E-state index contributed by atoms with van der Waals surface area (Å²) in [5.41, 5.74) is 2.72. The zero-order valence-electron chi connectivity index (χ0n) is 14.0. The highest BCUT2D eigenvalue weighted by molar-refractivity contribution is 5.71. The summed E-state index contributed by atoms with van der Waals surface area (Å²) in [7, 11) is 0. The Bertz CT molecular complexity index is 665. The Morgan fingerprint density at radius 3 is 1.91 bits per heavy atom. The number of phenols is 1. The van der Waals surface area contributed by atoms with E-state index in [1.807, 2.05) is 12.1 Å². The highest BCUT2D eigenvalue weighted by Gasteiger charge is 2.27. The van der Waals surface area contributed by atoms with Gasteiger partial charge in [-0.1, -0.05) is 41.5 Å². The van der Waals surface area contributed by atoms with Crippen LogP contribution in [0.3, 0.4) is 0 Å². The van der Waals surface area contributed by atoms with Crippen molar-refractivity contribution >= 4 is 6.29 Å². The van der Waals surface area contributed by atoms with Crippen molar-refractivity contribution in [2.45, 2.75) is 52.4 Å². The molecule has 1 heterocycles. The SMILES string of the molecule is CC(C)(C)c1cc(-c2coc(C=O)n2)cc(C(C)(C)C)c1O. The molecule has 0 amide bonds. The number of benzene rings is 1. The lowest BCUT2D eigenvalue weighted by molar-refractivity contribution is 0.109. The third-order valence-corrected chi connectivity index (χ3v) is 3.64. The number of nitrogens with zero attached hydrogens (tertiary/aromatic N) is 1. The van der Waals surface area contributed by atoms with E-state index < -0.39 is 0 Å². The quantitative estimate of drug-likeness (QED) is 0.832. The van der Waals surface area contributed by atoms with E-state index in [1.54, 1.807) is 0 Å². The van der Waals surface area contributed by atoms with E-state index in [0.717, 1.165) is 16.7 Å². The van der Waals surface area contributed by atoms with Crippen molar-refractivity contribution < 1.29 is 14.3 Å². The van der Waals surface area contributed by atoms with E-state index in [0.29, 0.717) is 17.7 Å². The summed E-state index contributed by atoms with van der Waals surface area (Å²) < 4.78 is 5.11. The summed E-state index contributed by atoms with van der Waals surface area (Å²) >= 11 is 0. The van der Waals surface area contributed by atoms with Crippen molar-refractivity contribution in [2.75, 3.05) is 0 Å². The summed E-state index contributed by atoms with van der Waals surface area (Å²) in [6, 6.07) is 3.83. The highest BCUT2D eigenvalue weighted by atomic mass is 16.3. The molecule has 0 radical (unpaired) electrons. The number of aromatic hydroxyl groups is 1. The molecular formula is C18H23NO3. The first-order valence-corrected chi connectivity index (χ1v) is 7.33. The maximum atomic E-state index is 10.8. The molecule has 0 fully saturated rings. The van der Waals surface area contributed by atoms with Gasteiger partial charge in [0.15, 0.2) is 0 Å². The number of carbonyl (C=O) groups excluding carboxylic acids is 1. The standard InChI is InChI=1S/C18H23NO3/c1-17(2,3)12-7-11(14-10-22-15(9-20)19-14)8-13(16(12)21)18(4,5)6/h7-10,21H,1-6H3. The van der Waals surface area contributed by atoms with Gasteiger partial charge < -0.3 is 9.52 Å². The molecule has 0 saturated heterocycles. The number of oxazole rings is 1. The fourth-order valence-electron chi connectivity index (χ4n) is 2.40. The van der Waals surface area contributed by atoms with Crippen LogP contribution in [-0.4, -0.2) is 16.4 Å². The predicted molar refractivity (Wildman–Crippen MR) is 86.4 cm³/mol. The molecule has 1 aromatic heterocycles. The average molecular weight is 301 g/mol. The van der Waals surface area contributed by atoms with E-state index in [2.05, 4.69) is 46.5 Å². The van der Waals surface area contributed by atoms with Crippen molar-refractivity contribution in [3.8, 4) is 17.0 Å². The number of aldehydes is 1. The van der Waals surface area contributed by atoms with Crippen LogP contribution in [0.1, 0.15) is 63.4 Å². The molecule has 1 aromatic carbocycles. The molecule has 0 aliphatic carbocycles. The normalized spacial score (nSPS) is 12.5. The van der Waals surface area contributed by atoms with Gasteiger partial charge in [0.1, 0.15) is 17.7 Å². The largest absolute Gasteiger partial charge is 0.507 e. The summed E-state index contributed by atoms with van der Waals surface area (Å²) in [6.07, 6.45) is 2.05. The van der Waals surface area contributed by atoms with Gasteiger partial charge in [-0.05, 0) is 23.0 Å². The van der Waals surface area contributed by atoms with Gasteiger partial charge in [0.2, 0.25) is 6.29 Å². The van der Waals surface area contributed by atoms with E-state index in [-0.39, 0.29) is 16.7 Å². The monoisotopic (exact) mass is 301 g/mol. The number of phenolic OH excluding ortho intramolecular Hbond substituents is 1. The molecule has 0 unspecified atom stereocenters. The summed E-state index contributed by atoms with van der Waals surface area (Å²) in [4.78, 5) is 14.9. The second kappa shape index (κ2) is 5.27. The first-order valence-electron chi connectivity index (χ1n) is 7.33. The number of aromatic nitrogens is 1. The topological polar surface area (TPSA) is 63.3 Å². The molecule has 2 rings (SSSR count). The van der Waals surface area contributed by atoms with Gasteiger partial charge in [-0.2, -0.15) is 0 Å². The van der Waals surface area contributed by atoms with Gasteiger partial charge in [0, 0.05) is 16.7 Å². The molecule has 0 bridgehead atoms. The Balaban J connectivity index is 2.72. The number of hydrogen-bond acceptors (Lipinski definition) is 4. The van der Waals surface area contributed by atoms with Crippen molar-refractivity contribution in [3.05, 3.63) is 35.4 Å². The lowest BCUT2D eigenvalue weighted by Gasteiger charge is -2.28. The minimum atomic E-state index is -0.211. The Morgan fingerprint density at radius 2 is 1.55 bits per heavy atom. The maximum absolute atomic E-state index is 10.8. The smallest absolute Gasteiger partial charge is 0.260 e. The molecule has 1 N–H and O–H groups in total. The van der Waals surface area contributed by atoms with Crippen molar-refractivity contribution in [2.24, 2.45) is 0 Å². The second-order valence-corrected chi connectivity index (χ2v) is 7.61. The molecule has 118 valence electrons. The van der Waals surface area contributed by atoms with E-state index in [4.69, 9.17) is 4.42 Å². The zero-order valence-corrected chi connectivity index (χ0v) is 14.0. The van der Waals surface area contributed by atoms with Crippen LogP contribution in [0, 0.1) is 0 Å². The summed E-state index contributed by atoms with van der Waals surface area (Å²) in [5, 5.41) is 10.7. The molecule has 0 saturated carbocycles. The van der Waals surface area contributed by atoms with Crippen LogP contribution in [0.15, 0.2) is 22.8 Å². The number of hydrogen-bond donors (Lipinski definition) is 1. The van der Waals surface area contributed by atoms with Crippen LogP contribution >= 0.6 is 0 Å². The van der Waals surface area contributed by atoms with Crippen LogP contribution in [0.5, 0.6) is 5.75 Å². The van der Waals surface area contributed by atoms with Gasteiger partial charge in [-0.3, -0.25) is 4.79 Å². The fourth-order valence-corrected chi connectivity index (χ4v) is 2.40. The maximum Gasteiger partial charge on any atom is 0.260 e. The molecule has 2 aromatic rings. The summed E-state index contributed by atoms with van der Waals surface area (Å²) in [5.74, 6) is 0.376. The van der Waals surface area contributed by atoms with Gasteiger partial charge >= 0.3 is 0 Å². The van der Waals surface area contributed by atoms with Crippen LogP contribution in [0.25, 0.3) is 11.3 Å². The van der Waals surface area contributed by atoms with Crippen molar-refractivity contribution in [1.82, 2.24) is 4.98 Å². The van der Waals surface area contributed by atoms with Crippen molar-refractivity contribution in [1.29, 1.82) is 0 Å². The van der Waals surface area contributed by atoms with Crippen LogP contribution in [-0.2, 0) is 10.8 Å². The summed E-state index contributed by atoms with van der Waals surface area (Å²) in [6.45, 7) is 12.3. The molecule has 0 spiro atoms. The molecule has 4 nitrogen and oxygen atoms in total. The average Bonchev–Trinajstić information content (AvgIpc) is 2.85. The molecule has 0 atom stereocenters. The molecule has 0 aliphatic heterocycles. The Hall–Kier alpha value is -2.10. The predicted octanol–water partition coefficient (Wildman–Crippen LogP) is 4.45. The molecular weight excluding hydrogens is 278 g/mol. The zero-order chi connectivity index (χ0) is 16.7. The molecule has 0 aliphatic rings. The highest BCUT2D eigenvalue weighted by Crippen LogP contribution is 2.41. The van der Waals surface area contributed by atoms with Gasteiger partial charge in [-0.15, -0.1) is 0 Å². The third kappa shape index (κ3) is 3.06. The van der Waals surface area contributed by atoms with Crippen LogP contribution in [0.4, 0.5) is 0 Å². The molecule has 22 heavy (non-hydrogen) atoms. The first-order chi connectivity index (χ1) is 10.0. The minimum Gasteiger partial charge on any atom is -0.507 e. The van der Waals surface area contributed by atoms with Gasteiger partial charge in [-0.25, -0.2) is 4.98 Å². The Kier molecular flexibility index (Phi) is 3.90. The van der Waals surface area contributed by atoms with E-state index >= 15 is 0 Å². The third-order valence-electron chi connectivity index (χ3n) is 3.64. The van der Waals surface area contributed by atoms with Gasteiger partial charge in [0.05, 0.1) is 0 Å². The number of carbonyl (C=O) groups is 1. The Morgan fingerprint density at radius 1 is 1.05 bits per heavy atom. The van der Waals surface area contributed by atoms with Crippen molar-refractivity contribution in [3.63, 3.8) is 0 Å². The van der Waals surface area contributed by atoms with E-state index in [1.165, 1.54) is 6.26 Å². The van der Waals surface area contributed by atoms with E-state index in [9.17, 15) is 9.90 Å². The lowest BCUT2D eigenvalue weighted by Crippen LogP contribution is -2.17. The fraction of sp³-hybridized carbons (Fsp3) is 0.444. The minimum absolute atomic E-state index is 0.0534. The van der Waals surface area contributed by atoms with Crippen LogP contribution in [0.2, 0.25) is 0 Å².